The summed E-state index contributed by atoms with van der Waals surface area (Å²) < 4.78 is 12.6. The number of halogens is 1. The van der Waals surface area contributed by atoms with Gasteiger partial charge in [-0.3, -0.25) is 0 Å². The number of hydrogen-bond acceptors (Lipinski definition) is 4. The maximum atomic E-state index is 9.12. The predicted molar refractivity (Wildman–Crippen MR) is 79.1 cm³/mol. The normalized spacial score (nSPS) is 11.9. The van der Waals surface area contributed by atoms with Crippen LogP contribution in [0.2, 0.25) is 0 Å². The van der Waals surface area contributed by atoms with E-state index in [1.54, 1.807) is 6.20 Å². The molecule has 18 heavy (non-hydrogen) atoms. The summed E-state index contributed by atoms with van der Waals surface area (Å²) in [5.41, 5.74) is 2.67. The first-order chi connectivity index (χ1) is 8.85. The maximum Gasteiger partial charge on any atom is 0.137 e. The molecular formula is C11H14IN2O3P. The van der Waals surface area contributed by atoms with Crippen LogP contribution in [-0.2, 0) is 22.5 Å². The molecule has 2 rings (SSSR count). The van der Waals surface area contributed by atoms with E-state index in [1.807, 2.05) is 22.7 Å². The van der Waals surface area contributed by atoms with E-state index in [0.29, 0.717) is 26.3 Å². The molecule has 0 aliphatic heterocycles. The van der Waals surface area contributed by atoms with Crippen LogP contribution >= 0.6 is 28.5 Å². The lowest BCUT2D eigenvalue weighted by molar-refractivity contribution is 0.0946. The number of ether oxygens (including phenoxy) is 1. The third-order valence-electron chi connectivity index (χ3n) is 2.47. The van der Waals surface area contributed by atoms with Crippen molar-refractivity contribution < 1.29 is 14.4 Å². The van der Waals surface area contributed by atoms with E-state index in [2.05, 4.69) is 27.0 Å². The zero-order valence-electron chi connectivity index (χ0n) is 9.67. The number of nitrogens with zero attached hydrogens (tertiary/aromatic N) is 2. The van der Waals surface area contributed by atoms with Crippen molar-refractivity contribution in [2.75, 3.05) is 13.2 Å². The zero-order chi connectivity index (χ0) is 12.8. The molecule has 1 N–H and O–H groups in total. The maximum absolute atomic E-state index is 9.12. The van der Waals surface area contributed by atoms with Gasteiger partial charge in [0.25, 0.3) is 0 Å². The summed E-state index contributed by atoms with van der Waals surface area (Å²) in [6.07, 6.45) is 3.57. The molecule has 7 heteroatoms. The second-order valence-corrected chi connectivity index (χ2v) is 5.41. The molecule has 0 aromatic carbocycles. The van der Waals surface area contributed by atoms with Crippen LogP contribution in [0.4, 0.5) is 0 Å². The minimum absolute atomic E-state index is 0.00850. The third kappa shape index (κ3) is 3.61. The highest BCUT2D eigenvalue weighted by Crippen LogP contribution is 2.20. The van der Waals surface area contributed by atoms with Crippen LogP contribution in [0.3, 0.4) is 0 Å². The summed E-state index contributed by atoms with van der Waals surface area (Å²) in [6, 6.07) is 3.93. The highest BCUT2D eigenvalue weighted by atomic mass is 127. The highest BCUT2D eigenvalue weighted by Gasteiger charge is 2.02. The van der Waals surface area contributed by atoms with E-state index in [9.17, 15) is 0 Å². The first-order valence-corrected chi connectivity index (χ1v) is 9.48. The molecule has 0 spiro atoms. The average Bonchev–Trinajstić information content (AvgIpc) is 2.80. The van der Waals surface area contributed by atoms with E-state index in [4.69, 9.17) is 14.4 Å². The van der Waals surface area contributed by atoms with Crippen molar-refractivity contribution in [2.24, 2.45) is 0 Å². The molecule has 0 saturated carbocycles. The van der Waals surface area contributed by atoms with Gasteiger partial charge in [-0.15, -0.1) is 0 Å². The number of aliphatic hydroxyl groups excluding tert-OH is 1. The topological polar surface area (TPSA) is 56.0 Å². The molecule has 1 atom stereocenters. The van der Waals surface area contributed by atoms with Crippen molar-refractivity contribution in [1.82, 2.24) is 9.38 Å². The molecule has 2 aromatic heterocycles. The Morgan fingerprint density at radius 2 is 2.33 bits per heavy atom. The molecule has 0 aliphatic rings. The molecule has 0 aliphatic carbocycles. The van der Waals surface area contributed by atoms with Crippen molar-refractivity contribution in [3.63, 3.8) is 0 Å². The van der Waals surface area contributed by atoms with Gasteiger partial charge >= 0.3 is 0 Å². The molecular weight excluding hydrogens is 366 g/mol. The standard InChI is InChI=1S/C11H14IN2O3P/c12-18-17-4-3-16-8-9-1-2-14-10(7-15)6-13-11(14)5-9/h1-2,5-6,15,18H,3-4,7-8H2. The van der Waals surface area contributed by atoms with Gasteiger partial charge in [0.15, 0.2) is 0 Å². The largest absolute Gasteiger partial charge is 0.390 e. The molecule has 0 amide bonds. The van der Waals surface area contributed by atoms with Gasteiger partial charge in [-0.25, -0.2) is 4.98 Å². The summed E-state index contributed by atoms with van der Waals surface area (Å²) in [6.45, 7) is 2.24. The number of aromatic nitrogens is 2. The van der Waals surface area contributed by atoms with Gasteiger partial charge in [-0.05, 0) is 39.7 Å². The number of hydrogen-bond donors (Lipinski definition) is 1. The van der Waals surface area contributed by atoms with Gasteiger partial charge in [0.1, 0.15) is 5.65 Å². The van der Waals surface area contributed by atoms with Crippen LogP contribution in [0, 0.1) is 0 Å². The van der Waals surface area contributed by atoms with Crippen LogP contribution in [0.5, 0.6) is 0 Å². The molecule has 0 bridgehead atoms. The lowest BCUT2D eigenvalue weighted by Gasteiger charge is -2.05. The summed E-state index contributed by atoms with van der Waals surface area (Å²) in [4.78, 5) is 4.23. The zero-order valence-corrected chi connectivity index (χ0v) is 12.8. The lowest BCUT2D eigenvalue weighted by atomic mass is 10.3. The smallest absolute Gasteiger partial charge is 0.137 e. The summed E-state index contributed by atoms with van der Waals surface area (Å²) in [5.74, 6) is 0. The summed E-state index contributed by atoms with van der Waals surface area (Å²) >= 11 is 2.18. The minimum Gasteiger partial charge on any atom is -0.390 e. The van der Waals surface area contributed by atoms with E-state index in [-0.39, 0.29) is 6.61 Å². The van der Waals surface area contributed by atoms with E-state index in [0.717, 1.165) is 16.9 Å². The second kappa shape index (κ2) is 7.35. The molecule has 2 heterocycles. The first kappa shape index (κ1) is 14.1. The SMILES string of the molecule is OCc1cnc2cc(COCCOPI)ccn12. The van der Waals surface area contributed by atoms with Crippen molar-refractivity contribution in [1.29, 1.82) is 0 Å². The highest BCUT2D eigenvalue weighted by molar-refractivity contribution is 14.2. The van der Waals surface area contributed by atoms with Gasteiger partial charge < -0.3 is 18.8 Å². The Kier molecular flexibility index (Phi) is 5.78. The van der Waals surface area contributed by atoms with Gasteiger partial charge in [-0.1, -0.05) is 0 Å². The number of aliphatic hydroxyl groups is 1. The molecule has 2 aromatic rings. The van der Waals surface area contributed by atoms with Crippen LogP contribution in [0.15, 0.2) is 24.5 Å². The molecule has 5 nitrogen and oxygen atoms in total. The Hall–Kier alpha value is -0.270. The lowest BCUT2D eigenvalue weighted by Crippen LogP contribution is -2.01. The van der Waals surface area contributed by atoms with E-state index >= 15 is 0 Å². The summed E-state index contributed by atoms with van der Waals surface area (Å²) in [7, 11) is 0. The fraction of sp³-hybridized carbons (Fsp3) is 0.364. The van der Waals surface area contributed by atoms with E-state index < -0.39 is 0 Å². The van der Waals surface area contributed by atoms with Crippen molar-refractivity contribution >= 4 is 34.1 Å². The number of imidazole rings is 1. The van der Waals surface area contributed by atoms with Crippen LogP contribution < -0.4 is 0 Å². The number of pyridine rings is 1. The van der Waals surface area contributed by atoms with E-state index in [1.165, 1.54) is 0 Å². The van der Waals surface area contributed by atoms with Crippen molar-refractivity contribution in [3.8, 4) is 0 Å². The fourth-order valence-electron chi connectivity index (χ4n) is 1.61. The third-order valence-corrected chi connectivity index (χ3v) is 3.72. The van der Waals surface area contributed by atoms with Gasteiger partial charge in [0.2, 0.25) is 0 Å². The van der Waals surface area contributed by atoms with Crippen molar-refractivity contribution in [2.45, 2.75) is 13.2 Å². The van der Waals surface area contributed by atoms with Crippen LogP contribution in [-0.4, -0.2) is 27.7 Å². The molecule has 0 saturated heterocycles. The average molecular weight is 380 g/mol. The molecule has 1 unspecified atom stereocenters. The Morgan fingerprint density at radius 3 is 3.11 bits per heavy atom. The number of fused-ring (bicyclic) bond motifs is 1. The molecule has 98 valence electrons. The van der Waals surface area contributed by atoms with Crippen molar-refractivity contribution in [3.05, 3.63) is 35.8 Å². The van der Waals surface area contributed by atoms with Gasteiger partial charge in [-0.2, -0.15) is 0 Å². The Morgan fingerprint density at radius 1 is 1.44 bits per heavy atom. The predicted octanol–water partition coefficient (Wildman–Crippen LogP) is 2.30. The van der Waals surface area contributed by atoms with Crippen LogP contribution in [0.25, 0.3) is 5.65 Å². The molecule has 0 radical (unpaired) electrons. The quantitative estimate of drug-likeness (QED) is 0.455. The van der Waals surface area contributed by atoms with Crippen LogP contribution in [0.1, 0.15) is 11.3 Å². The Balaban J connectivity index is 1.94. The minimum atomic E-state index is -0.00850. The fourth-order valence-corrected chi connectivity index (χ4v) is 2.43. The first-order valence-electron chi connectivity index (χ1n) is 5.46. The molecule has 0 fully saturated rings. The van der Waals surface area contributed by atoms with Gasteiger partial charge in [0.05, 0.1) is 44.8 Å². The summed E-state index contributed by atoms with van der Waals surface area (Å²) in [5, 5.41) is 9.12. The van der Waals surface area contributed by atoms with Gasteiger partial charge in [0, 0.05) is 6.20 Å². The monoisotopic (exact) mass is 380 g/mol. The Bertz CT molecular complexity index is 506. The number of rotatable bonds is 7. The second-order valence-electron chi connectivity index (χ2n) is 3.65. The Labute approximate surface area is 120 Å².